The Balaban J connectivity index is 1.28. The second-order valence-corrected chi connectivity index (χ2v) is 10.4. The Bertz CT molecular complexity index is 1270. The van der Waals surface area contributed by atoms with Gasteiger partial charge in [-0.3, -0.25) is 15.0 Å². The molecule has 0 spiro atoms. The number of aromatic nitrogens is 2. The van der Waals surface area contributed by atoms with Crippen molar-refractivity contribution in [1.82, 2.24) is 19.6 Å². The molecule has 1 aliphatic rings. The van der Waals surface area contributed by atoms with E-state index >= 15 is 0 Å². The molecule has 0 radical (unpaired) electrons. The number of anilines is 2. The zero-order chi connectivity index (χ0) is 27.4. The van der Waals surface area contributed by atoms with Crippen LogP contribution in [0, 0.1) is 11.6 Å². The number of halogens is 2. The topological polar surface area (TPSA) is 82.5 Å². The number of piperazine rings is 1. The first kappa shape index (κ1) is 27.3. The van der Waals surface area contributed by atoms with E-state index in [9.17, 15) is 18.4 Å². The molecule has 1 saturated heterocycles. The van der Waals surface area contributed by atoms with Gasteiger partial charge in [-0.15, -0.1) is 0 Å². The van der Waals surface area contributed by atoms with Gasteiger partial charge in [0.05, 0.1) is 5.69 Å². The van der Waals surface area contributed by atoms with Gasteiger partial charge < -0.3 is 10.2 Å². The van der Waals surface area contributed by atoms with Gasteiger partial charge in [-0.05, 0) is 36.8 Å². The number of benzene rings is 2. The molecule has 0 aliphatic carbocycles. The highest BCUT2D eigenvalue weighted by Gasteiger charge is 2.26. The third kappa shape index (κ3) is 6.36. The first-order chi connectivity index (χ1) is 18.0. The van der Waals surface area contributed by atoms with Crippen LogP contribution in [0.2, 0.25) is 0 Å². The number of carbonyl (C=O) groups is 2. The summed E-state index contributed by atoms with van der Waals surface area (Å²) in [6, 6.07) is 12.5. The molecule has 2 N–H and O–H groups in total. The van der Waals surface area contributed by atoms with Gasteiger partial charge in [-0.2, -0.15) is 5.10 Å². The monoisotopic (exact) mass is 524 g/mol. The Labute approximate surface area is 221 Å². The van der Waals surface area contributed by atoms with Gasteiger partial charge in [0, 0.05) is 56.4 Å². The lowest BCUT2D eigenvalue weighted by atomic mass is 9.92. The Hall–Kier alpha value is -3.79. The van der Waals surface area contributed by atoms with E-state index < -0.39 is 23.1 Å². The zero-order valence-electron chi connectivity index (χ0n) is 22.2. The van der Waals surface area contributed by atoms with Gasteiger partial charge in [0.2, 0.25) is 0 Å². The van der Waals surface area contributed by atoms with Crippen molar-refractivity contribution in [2.45, 2.75) is 46.2 Å². The predicted octanol–water partition coefficient (Wildman–Crippen LogP) is 5.08. The van der Waals surface area contributed by atoms with Gasteiger partial charge in [-0.25, -0.2) is 18.3 Å². The summed E-state index contributed by atoms with van der Waals surface area (Å²) in [7, 11) is 0. The Kier molecular flexibility index (Phi) is 8.11. The van der Waals surface area contributed by atoms with Crippen LogP contribution in [0.4, 0.5) is 25.1 Å². The molecule has 38 heavy (non-hydrogen) atoms. The smallest absolute Gasteiger partial charge is 0.324 e. The van der Waals surface area contributed by atoms with Crippen LogP contribution >= 0.6 is 0 Å². The summed E-state index contributed by atoms with van der Waals surface area (Å²) in [4.78, 5) is 28.9. The van der Waals surface area contributed by atoms with Crippen LogP contribution in [0.1, 0.15) is 49.3 Å². The van der Waals surface area contributed by atoms with Crippen molar-refractivity contribution < 1.29 is 18.4 Å². The predicted molar refractivity (Wildman–Crippen MR) is 143 cm³/mol. The molecule has 0 saturated carbocycles. The van der Waals surface area contributed by atoms with E-state index in [1.54, 1.807) is 4.68 Å². The minimum atomic E-state index is -0.842. The minimum Gasteiger partial charge on any atom is -0.336 e. The van der Waals surface area contributed by atoms with Crippen molar-refractivity contribution in [1.29, 1.82) is 0 Å². The van der Waals surface area contributed by atoms with Crippen molar-refractivity contribution >= 4 is 23.4 Å². The first-order valence-corrected chi connectivity index (χ1v) is 12.8. The van der Waals surface area contributed by atoms with E-state index in [-0.39, 0.29) is 11.4 Å². The van der Waals surface area contributed by atoms with Crippen molar-refractivity contribution in [2.75, 3.05) is 36.8 Å². The zero-order valence-corrected chi connectivity index (χ0v) is 22.2. The quantitative estimate of drug-likeness (QED) is 0.471. The lowest BCUT2D eigenvalue weighted by Crippen LogP contribution is -2.48. The SMILES string of the molecule is CCn1nc(C(C)(C)C)cc1NC(=O)Nc1ccc(CN2CCN(C(=O)c3c(F)cccc3F)CC2)cc1. The Morgan fingerprint density at radius 3 is 2.16 bits per heavy atom. The molecule has 0 unspecified atom stereocenters. The highest BCUT2D eigenvalue weighted by atomic mass is 19.1. The van der Waals surface area contributed by atoms with Crippen LogP contribution in [-0.2, 0) is 18.5 Å². The van der Waals surface area contributed by atoms with Gasteiger partial charge in [0.15, 0.2) is 0 Å². The standard InChI is InChI=1S/C28H34F2N6O2/c1-5-36-24(17-23(33-36)28(2,3)4)32-27(38)31-20-11-9-19(10-12-20)18-34-13-15-35(16-14-34)26(37)25-21(29)7-6-8-22(25)30/h6-12,17H,5,13-16,18H2,1-4H3,(H2,31,32,38). The van der Waals surface area contributed by atoms with Crippen molar-refractivity contribution in [2.24, 2.45) is 0 Å². The third-order valence-electron chi connectivity index (χ3n) is 6.54. The lowest BCUT2D eigenvalue weighted by Gasteiger charge is -2.34. The third-order valence-corrected chi connectivity index (χ3v) is 6.54. The maximum absolute atomic E-state index is 14.0. The molecule has 0 atom stereocenters. The molecule has 1 aromatic heterocycles. The minimum absolute atomic E-state index is 0.122. The van der Waals surface area contributed by atoms with Crippen LogP contribution in [0.15, 0.2) is 48.5 Å². The van der Waals surface area contributed by atoms with E-state index in [1.807, 2.05) is 37.3 Å². The molecule has 3 amide bonds. The van der Waals surface area contributed by atoms with E-state index in [1.165, 1.54) is 11.0 Å². The number of carbonyl (C=O) groups excluding carboxylic acids is 2. The number of nitrogens with one attached hydrogen (secondary N) is 2. The van der Waals surface area contributed by atoms with E-state index in [2.05, 4.69) is 41.4 Å². The highest BCUT2D eigenvalue weighted by molar-refractivity contribution is 5.99. The number of hydrogen-bond acceptors (Lipinski definition) is 4. The van der Waals surface area contributed by atoms with E-state index in [0.717, 1.165) is 23.4 Å². The summed E-state index contributed by atoms with van der Waals surface area (Å²) in [5.74, 6) is -1.66. The number of rotatable bonds is 6. The molecule has 3 aromatic rings. The summed E-state index contributed by atoms with van der Waals surface area (Å²) >= 11 is 0. The second-order valence-electron chi connectivity index (χ2n) is 10.4. The Morgan fingerprint density at radius 2 is 1.58 bits per heavy atom. The maximum Gasteiger partial charge on any atom is 0.324 e. The molecule has 4 rings (SSSR count). The number of nitrogens with zero attached hydrogens (tertiary/aromatic N) is 4. The first-order valence-electron chi connectivity index (χ1n) is 12.8. The number of urea groups is 1. The van der Waals surface area contributed by atoms with Gasteiger partial charge in [0.1, 0.15) is 23.0 Å². The summed E-state index contributed by atoms with van der Waals surface area (Å²) in [6.45, 7) is 11.5. The summed E-state index contributed by atoms with van der Waals surface area (Å²) in [5.41, 5.74) is 2.00. The molecular formula is C28H34F2N6O2. The normalized spacial score (nSPS) is 14.4. The molecule has 2 heterocycles. The Morgan fingerprint density at radius 1 is 0.947 bits per heavy atom. The van der Waals surface area contributed by atoms with Gasteiger partial charge >= 0.3 is 6.03 Å². The fourth-order valence-corrected chi connectivity index (χ4v) is 4.32. The second kappa shape index (κ2) is 11.3. The number of hydrogen-bond donors (Lipinski definition) is 2. The highest BCUT2D eigenvalue weighted by Crippen LogP contribution is 2.24. The molecule has 202 valence electrons. The van der Waals surface area contributed by atoms with Gasteiger partial charge in [-0.1, -0.05) is 39.0 Å². The average molecular weight is 525 g/mol. The average Bonchev–Trinajstić information content (AvgIpc) is 3.29. The van der Waals surface area contributed by atoms with E-state index in [4.69, 9.17) is 0 Å². The molecule has 2 aromatic carbocycles. The molecule has 8 nitrogen and oxygen atoms in total. The molecule has 0 bridgehead atoms. The maximum atomic E-state index is 14.0. The largest absolute Gasteiger partial charge is 0.336 e. The number of aryl methyl sites for hydroxylation is 1. The van der Waals surface area contributed by atoms with Crippen LogP contribution in [0.5, 0.6) is 0 Å². The summed E-state index contributed by atoms with van der Waals surface area (Å²) in [6.07, 6.45) is 0. The molecule has 1 aliphatic heterocycles. The van der Waals surface area contributed by atoms with Gasteiger partial charge in [0.25, 0.3) is 5.91 Å². The van der Waals surface area contributed by atoms with Crippen molar-refractivity contribution in [3.8, 4) is 0 Å². The summed E-state index contributed by atoms with van der Waals surface area (Å²) in [5, 5.41) is 10.3. The summed E-state index contributed by atoms with van der Waals surface area (Å²) < 4.78 is 29.7. The van der Waals surface area contributed by atoms with Crippen LogP contribution in [-0.4, -0.2) is 57.7 Å². The van der Waals surface area contributed by atoms with Crippen LogP contribution in [0.3, 0.4) is 0 Å². The number of amides is 3. The van der Waals surface area contributed by atoms with Crippen molar-refractivity contribution in [3.05, 3.63) is 77.0 Å². The fraction of sp³-hybridized carbons (Fsp3) is 0.393. The molecule has 10 heteroatoms. The molecule has 1 fully saturated rings. The van der Waals surface area contributed by atoms with Crippen LogP contribution in [0.25, 0.3) is 0 Å². The lowest BCUT2D eigenvalue weighted by molar-refractivity contribution is 0.0619. The molecular weight excluding hydrogens is 490 g/mol. The fourth-order valence-electron chi connectivity index (χ4n) is 4.32. The van der Waals surface area contributed by atoms with Crippen LogP contribution < -0.4 is 10.6 Å². The van der Waals surface area contributed by atoms with E-state index in [0.29, 0.717) is 50.8 Å². The van der Waals surface area contributed by atoms with Crippen molar-refractivity contribution in [3.63, 3.8) is 0 Å².